The molecule has 5 heteroatoms. The highest BCUT2D eigenvalue weighted by Gasteiger charge is 2.14. The molecule has 20 heavy (non-hydrogen) atoms. The summed E-state index contributed by atoms with van der Waals surface area (Å²) in [6.45, 7) is 2.72. The molecule has 0 aliphatic carbocycles. The number of methoxy groups -OCH3 is 1. The summed E-state index contributed by atoms with van der Waals surface area (Å²) in [6.07, 6.45) is 0. The summed E-state index contributed by atoms with van der Waals surface area (Å²) >= 11 is 5.16. The maximum Gasteiger partial charge on any atom is 0.130 e. The first-order chi connectivity index (χ1) is 9.54. The normalized spacial score (nSPS) is 12.3. The lowest BCUT2D eigenvalue weighted by atomic mass is 10.1. The molecule has 2 aromatic rings. The molecule has 0 bridgehead atoms. The summed E-state index contributed by atoms with van der Waals surface area (Å²) in [7, 11) is 3.68. The number of benzene rings is 1. The quantitative estimate of drug-likeness (QED) is 0.856. The lowest BCUT2D eigenvalue weighted by Crippen LogP contribution is -2.33. The first-order valence-corrected chi connectivity index (χ1v) is 6.86. The molecular weight excluding hydrogens is 270 g/mol. The summed E-state index contributed by atoms with van der Waals surface area (Å²) in [6, 6.07) is 10.0. The van der Waals surface area contributed by atoms with Crippen LogP contribution in [0.5, 0.6) is 0 Å². The summed E-state index contributed by atoms with van der Waals surface area (Å²) in [5, 5.41) is 0.983. The lowest BCUT2D eigenvalue weighted by molar-refractivity contribution is 0.183. The fourth-order valence-corrected chi connectivity index (χ4v) is 2.29. The Labute approximate surface area is 124 Å². The van der Waals surface area contributed by atoms with Crippen LogP contribution in [0.15, 0.2) is 30.3 Å². The van der Waals surface area contributed by atoms with E-state index in [2.05, 4.69) is 16.8 Å². The standard InChI is InChI=1S/C15H19N3OS/c1-10(9-19-3)18(2)14-8-12(15(16)20)11-6-4-5-7-13(11)17-14/h4-8,10H,9H2,1-3H3,(H2,16,20). The molecule has 0 aliphatic heterocycles. The van der Waals surface area contributed by atoms with Crippen LogP contribution in [0.25, 0.3) is 10.9 Å². The molecule has 1 unspecified atom stereocenters. The van der Waals surface area contributed by atoms with Gasteiger partial charge in [0.15, 0.2) is 0 Å². The molecule has 1 aromatic carbocycles. The number of hydrogen-bond acceptors (Lipinski definition) is 4. The van der Waals surface area contributed by atoms with Crippen LogP contribution in [0, 0.1) is 0 Å². The van der Waals surface area contributed by atoms with Crippen molar-refractivity contribution in [3.8, 4) is 0 Å². The van der Waals surface area contributed by atoms with E-state index in [4.69, 9.17) is 22.7 Å². The van der Waals surface area contributed by atoms with Crippen molar-refractivity contribution in [3.63, 3.8) is 0 Å². The van der Waals surface area contributed by atoms with Gasteiger partial charge in [0.25, 0.3) is 0 Å². The van der Waals surface area contributed by atoms with Gasteiger partial charge in [-0.15, -0.1) is 0 Å². The summed E-state index contributed by atoms with van der Waals surface area (Å²) in [5.74, 6) is 0.844. The van der Waals surface area contributed by atoms with Crippen molar-refractivity contribution in [1.82, 2.24) is 4.98 Å². The van der Waals surface area contributed by atoms with Gasteiger partial charge < -0.3 is 15.4 Å². The molecule has 0 saturated heterocycles. The van der Waals surface area contributed by atoms with Gasteiger partial charge in [0, 0.05) is 25.1 Å². The Morgan fingerprint density at radius 2 is 2.15 bits per heavy atom. The van der Waals surface area contributed by atoms with Gasteiger partial charge in [-0.25, -0.2) is 4.98 Å². The van der Waals surface area contributed by atoms with Gasteiger partial charge in [0.1, 0.15) is 10.8 Å². The van der Waals surface area contributed by atoms with Gasteiger partial charge in [-0.2, -0.15) is 0 Å². The molecule has 2 rings (SSSR count). The molecule has 1 atom stereocenters. The van der Waals surface area contributed by atoms with Gasteiger partial charge in [-0.3, -0.25) is 0 Å². The van der Waals surface area contributed by atoms with Crippen LogP contribution in [0.3, 0.4) is 0 Å². The highest BCUT2D eigenvalue weighted by Crippen LogP contribution is 2.23. The van der Waals surface area contributed by atoms with Crippen LogP contribution < -0.4 is 10.6 Å². The monoisotopic (exact) mass is 289 g/mol. The number of likely N-dealkylation sites (N-methyl/N-ethyl adjacent to an activating group) is 1. The fraction of sp³-hybridized carbons (Fsp3) is 0.333. The van der Waals surface area contributed by atoms with E-state index in [1.54, 1.807) is 7.11 Å². The number of fused-ring (bicyclic) bond motifs is 1. The first-order valence-electron chi connectivity index (χ1n) is 6.46. The van der Waals surface area contributed by atoms with Crippen LogP contribution in [-0.4, -0.2) is 36.8 Å². The van der Waals surface area contributed by atoms with E-state index in [1.807, 2.05) is 37.4 Å². The smallest absolute Gasteiger partial charge is 0.130 e. The van der Waals surface area contributed by atoms with Crippen molar-refractivity contribution in [2.75, 3.05) is 25.7 Å². The molecule has 0 saturated carbocycles. The van der Waals surface area contributed by atoms with Crippen molar-refractivity contribution < 1.29 is 4.74 Å². The molecule has 0 radical (unpaired) electrons. The Hall–Kier alpha value is -1.72. The molecule has 106 valence electrons. The SMILES string of the molecule is COCC(C)N(C)c1cc(C(N)=S)c2ccccc2n1. The van der Waals surface area contributed by atoms with Crippen LogP contribution >= 0.6 is 12.2 Å². The predicted molar refractivity (Wildman–Crippen MR) is 87.4 cm³/mol. The molecule has 4 nitrogen and oxygen atoms in total. The zero-order valence-electron chi connectivity index (χ0n) is 12.0. The number of pyridine rings is 1. The van der Waals surface area contributed by atoms with Crippen molar-refractivity contribution in [3.05, 3.63) is 35.9 Å². The highest BCUT2D eigenvalue weighted by atomic mass is 32.1. The third-order valence-corrected chi connectivity index (χ3v) is 3.62. The molecule has 0 aliphatic rings. The summed E-state index contributed by atoms with van der Waals surface area (Å²) < 4.78 is 5.19. The second-order valence-corrected chi connectivity index (χ2v) is 5.26. The fourth-order valence-electron chi connectivity index (χ4n) is 2.12. The zero-order chi connectivity index (χ0) is 14.7. The Kier molecular flexibility index (Phi) is 4.52. The molecule has 0 spiro atoms. The minimum absolute atomic E-state index is 0.216. The van der Waals surface area contributed by atoms with Crippen LogP contribution in [0.2, 0.25) is 0 Å². The average molecular weight is 289 g/mol. The molecule has 2 N–H and O–H groups in total. The molecule has 0 amide bonds. The molecular formula is C15H19N3OS. The van der Waals surface area contributed by atoms with E-state index in [-0.39, 0.29) is 6.04 Å². The average Bonchev–Trinajstić information content (AvgIpc) is 2.45. The maximum atomic E-state index is 5.84. The van der Waals surface area contributed by atoms with Gasteiger partial charge in [-0.05, 0) is 19.1 Å². The van der Waals surface area contributed by atoms with E-state index in [9.17, 15) is 0 Å². The molecule has 0 fully saturated rings. The van der Waals surface area contributed by atoms with Gasteiger partial charge in [-0.1, -0.05) is 30.4 Å². The summed E-state index contributed by atoms with van der Waals surface area (Å²) in [5.41, 5.74) is 7.60. The number of nitrogens with zero attached hydrogens (tertiary/aromatic N) is 2. The first kappa shape index (κ1) is 14.7. The lowest BCUT2D eigenvalue weighted by Gasteiger charge is -2.26. The number of nitrogens with two attached hydrogens (primary N) is 1. The summed E-state index contributed by atoms with van der Waals surface area (Å²) in [4.78, 5) is 7.13. The van der Waals surface area contributed by atoms with Gasteiger partial charge >= 0.3 is 0 Å². The second kappa shape index (κ2) is 6.15. The van der Waals surface area contributed by atoms with E-state index in [0.717, 1.165) is 22.3 Å². The Morgan fingerprint density at radius 1 is 1.45 bits per heavy atom. The number of thiocarbonyl (C=S) groups is 1. The number of anilines is 1. The van der Waals surface area contributed by atoms with Crippen LogP contribution in [0.1, 0.15) is 12.5 Å². The Morgan fingerprint density at radius 3 is 2.80 bits per heavy atom. The minimum atomic E-state index is 0.216. The van der Waals surface area contributed by atoms with E-state index >= 15 is 0 Å². The number of rotatable bonds is 5. The van der Waals surface area contributed by atoms with Crippen LogP contribution in [0.4, 0.5) is 5.82 Å². The highest BCUT2D eigenvalue weighted by molar-refractivity contribution is 7.80. The van der Waals surface area contributed by atoms with Crippen LogP contribution in [-0.2, 0) is 4.74 Å². The largest absolute Gasteiger partial charge is 0.389 e. The Balaban J connectivity index is 2.52. The molecule has 1 aromatic heterocycles. The topological polar surface area (TPSA) is 51.4 Å². The second-order valence-electron chi connectivity index (χ2n) is 4.82. The maximum absolute atomic E-state index is 5.84. The predicted octanol–water partition coefficient (Wildman–Crippen LogP) is 2.34. The number of para-hydroxylation sites is 1. The number of hydrogen-bond donors (Lipinski definition) is 1. The number of aromatic nitrogens is 1. The van der Waals surface area contributed by atoms with Crippen molar-refractivity contribution in [2.45, 2.75) is 13.0 Å². The third-order valence-electron chi connectivity index (χ3n) is 3.40. The third kappa shape index (κ3) is 2.89. The van der Waals surface area contributed by atoms with Crippen molar-refractivity contribution >= 4 is 33.9 Å². The molecule has 1 heterocycles. The van der Waals surface area contributed by atoms with E-state index < -0.39 is 0 Å². The van der Waals surface area contributed by atoms with Gasteiger partial charge in [0.2, 0.25) is 0 Å². The zero-order valence-corrected chi connectivity index (χ0v) is 12.8. The van der Waals surface area contributed by atoms with E-state index in [0.29, 0.717) is 11.6 Å². The number of ether oxygens (including phenoxy) is 1. The van der Waals surface area contributed by atoms with Crippen molar-refractivity contribution in [1.29, 1.82) is 0 Å². The Bertz CT molecular complexity index is 630. The minimum Gasteiger partial charge on any atom is -0.389 e. The van der Waals surface area contributed by atoms with E-state index in [1.165, 1.54) is 0 Å². The van der Waals surface area contributed by atoms with Crippen molar-refractivity contribution in [2.24, 2.45) is 5.73 Å². The van der Waals surface area contributed by atoms with Gasteiger partial charge in [0.05, 0.1) is 18.2 Å².